The molecule has 0 aromatic rings. The number of carbonyl (C=O) groups is 5. The van der Waals surface area contributed by atoms with E-state index in [0.29, 0.717) is 38.7 Å². The Balaban J connectivity index is 1.42. The third kappa shape index (κ3) is 6.25. The second-order valence-electron chi connectivity index (χ2n) is 14.3. The summed E-state index contributed by atoms with van der Waals surface area (Å²) in [5.41, 5.74) is 9.93. The molecule has 13 nitrogen and oxygen atoms in total. The number of barbiturate groups is 1. The highest BCUT2D eigenvalue weighted by atomic mass is 28.3. The zero-order valence-corrected chi connectivity index (χ0v) is 28.1. The molecule has 4 N–H and O–H groups in total. The van der Waals surface area contributed by atoms with Crippen LogP contribution in [0.1, 0.15) is 65.2 Å². The van der Waals surface area contributed by atoms with Gasteiger partial charge in [-0.05, 0) is 63.3 Å². The topological polar surface area (TPSA) is 169 Å². The third-order valence-electron chi connectivity index (χ3n) is 9.75. The summed E-state index contributed by atoms with van der Waals surface area (Å²) in [4.78, 5) is 71.8. The molecule has 7 amide bonds. The molecule has 4 aliphatic rings. The van der Waals surface area contributed by atoms with E-state index >= 15 is 0 Å². The summed E-state index contributed by atoms with van der Waals surface area (Å²) in [5.74, 6) is -2.16. The molecule has 0 unspecified atom stereocenters. The van der Waals surface area contributed by atoms with Crippen LogP contribution in [0.15, 0.2) is 11.4 Å². The van der Waals surface area contributed by atoms with Crippen molar-refractivity contribution in [1.82, 2.24) is 19.6 Å². The lowest BCUT2D eigenvalue weighted by Crippen LogP contribution is -2.63. The van der Waals surface area contributed by atoms with Crippen LogP contribution in [0.4, 0.5) is 9.59 Å². The fraction of sp³-hybridized carbons (Fsp3) is 0.767. The summed E-state index contributed by atoms with van der Waals surface area (Å²) < 4.78 is 11.2. The van der Waals surface area contributed by atoms with Crippen molar-refractivity contribution >= 4 is 37.9 Å². The fourth-order valence-electron chi connectivity index (χ4n) is 7.18. The van der Waals surface area contributed by atoms with Crippen LogP contribution in [0.5, 0.6) is 0 Å². The molecular weight excluding hydrogens is 584 g/mol. The summed E-state index contributed by atoms with van der Waals surface area (Å²) >= 11 is 0. The van der Waals surface area contributed by atoms with Gasteiger partial charge in [0.25, 0.3) is 17.7 Å². The van der Waals surface area contributed by atoms with Crippen LogP contribution < -0.4 is 11.5 Å². The SMILES string of the molecule is CCCCN1C(=O)C(=C(N)N)C(=O)N(C2CCC3(CC2)CC(N2C(=O)N(COCC[Si](C)(C)C)C(=O)[C@@]2(C)COC)C3)C1=O. The average molecular weight is 635 g/mol. The van der Waals surface area contributed by atoms with Gasteiger partial charge in [-0.15, -0.1) is 0 Å². The normalized spacial score (nSPS) is 29.8. The van der Waals surface area contributed by atoms with E-state index in [-0.39, 0.29) is 60.7 Å². The Morgan fingerprint density at radius 1 is 0.955 bits per heavy atom. The minimum Gasteiger partial charge on any atom is -0.385 e. The maximum absolute atomic E-state index is 13.6. The minimum atomic E-state index is -1.32. The lowest BCUT2D eigenvalue weighted by Gasteiger charge is -2.56. The molecule has 1 atom stereocenters. The molecule has 1 spiro atoms. The minimum absolute atomic E-state index is 0.0646. The first kappa shape index (κ1) is 33.9. The van der Waals surface area contributed by atoms with Crippen molar-refractivity contribution in [3.05, 3.63) is 11.4 Å². The summed E-state index contributed by atoms with van der Waals surface area (Å²) in [6.07, 6.45) is 5.42. The van der Waals surface area contributed by atoms with Gasteiger partial charge in [-0.25, -0.2) is 14.5 Å². The molecule has 14 heteroatoms. The maximum Gasteiger partial charge on any atom is 0.334 e. The lowest BCUT2D eigenvalue weighted by molar-refractivity contribution is -0.141. The number of nitrogens with zero attached hydrogens (tertiary/aromatic N) is 4. The van der Waals surface area contributed by atoms with Crippen LogP contribution in [0.2, 0.25) is 25.7 Å². The van der Waals surface area contributed by atoms with E-state index in [1.807, 2.05) is 6.92 Å². The first-order valence-corrected chi connectivity index (χ1v) is 19.5. The van der Waals surface area contributed by atoms with Gasteiger partial charge in [0, 0.05) is 40.4 Å². The molecule has 0 bridgehead atoms. The molecule has 4 rings (SSSR count). The van der Waals surface area contributed by atoms with Gasteiger partial charge >= 0.3 is 12.1 Å². The van der Waals surface area contributed by atoms with Crippen molar-refractivity contribution in [2.24, 2.45) is 16.9 Å². The van der Waals surface area contributed by atoms with E-state index in [0.717, 1.165) is 30.2 Å². The molecule has 2 saturated carbocycles. The average Bonchev–Trinajstić information content (AvgIpc) is 3.09. The highest BCUT2D eigenvalue weighted by molar-refractivity contribution is 6.76. The van der Waals surface area contributed by atoms with Gasteiger partial charge in [-0.2, -0.15) is 0 Å². The van der Waals surface area contributed by atoms with Crippen LogP contribution in [0, 0.1) is 5.41 Å². The molecule has 246 valence electrons. The van der Waals surface area contributed by atoms with Crippen molar-refractivity contribution in [1.29, 1.82) is 0 Å². The molecule has 2 saturated heterocycles. The Hall–Kier alpha value is -2.97. The number of carbonyl (C=O) groups excluding carboxylic acids is 5. The molecule has 44 heavy (non-hydrogen) atoms. The number of methoxy groups -OCH3 is 1. The van der Waals surface area contributed by atoms with E-state index in [1.165, 1.54) is 16.9 Å². The van der Waals surface area contributed by atoms with Gasteiger partial charge in [-0.1, -0.05) is 33.0 Å². The zero-order chi connectivity index (χ0) is 32.6. The number of amides is 7. The van der Waals surface area contributed by atoms with Gasteiger partial charge < -0.3 is 25.8 Å². The van der Waals surface area contributed by atoms with Crippen molar-refractivity contribution in [3.8, 4) is 0 Å². The fourth-order valence-corrected chi connectivity index (χ4v) is 7.93. The van der Waals surface area contributed by atoms with Gasteiger partial charge in [0.15, 0.2) is 0 Å². The van der Waals surface area contributed by atoms with E-state index in [4.69, 9.17) is 20.9 Å². The van der Waals surface area contributed by atoms with Crippen LogP contribution in [0.3, 0.4) is 0 Å². The Labute approximate surface area is 261 Å². The standard InChI is InChI=1S/C30H50N6O7Si/c1-7-8-13-33-24(37)22(23(31)32)25(38)35(27(33)40)20-9-11-30(12-10-20)16-21(17-30)36-28(41)34(19-43-14-15-44(4,5)6)26(39)29(36,2)18-42-3/h20-21H,7-19,31-32H2,1-6H3/t20?,21?,29-,30?/m1/s1. The Bertz CT molecular complexity index is 1200. The maximum atomic E-state index is 13.6. The lowest BCUT2D eigenvalue weighted by atomic mass is 9.57. The van der Waals surface area contributed by atoms with Crippen molar-refractivity contribution in [3.63, 3.8) is 0 Å². The van der Waals surface area contributed by atoms with Gasteiger partial charge in [0.1, 0.15) is 23.7 Å². The van der Waals surface area contributed by atoms with E-state index in [9.17, 15) is 24.0 Å². The molecule has 4 fully saturated rings. The second-order valence-corrected chi connectivity index (χ2v) is 20.0. The largest absolute Gasteiger partial charge is 0.385 e. The quantitative estimate of drug-likeness (QED) is 0.108. The summed E-state index contributed by atoms with van der Waals surface area (Å²) in [6.45, 7) is 11.2. The van der Waals surface area contributed by atoms with E-state index in [1.54, 1.807) is 11.8 Å². The Morgan fingerprint density at radius 2 is 1.59 bits per heavy atom. The van der Waals surface area contributed by atoms with Crippen LogP contribution in [-0.2, 0) is 23.9 Å². The van der Waals surface area contributed by atoms with Gasteiger partial charge in [-0.3, -0.25) is 24.2 Å². The first-order chi connectivity index (χ1) is 20.6. The van der Waals surface area contributed by atoms with Gasteiger partial charge in [0.2, 0.25) is 0 Å². The van der Waals surface area contributed by atoms with Crippen molar-refractivity contribution in [2.75, 3.05) is 33.6 Å². The molecule has 2 aliphatic heterocycles. The van der Waals surface area contributed by atoms with E-state index < -0.39 is 31.5 Å². The predicted molar refractivity (Wildman–Crippen MR) is 165 cm³/mol. The summed E-state index contributed by atoms with van der Waals surface area (Å²) in [6, 6.07) is -0.551. The highest BCUT2D eigenvalue weighted by Gasteiger charge is 2.61. The van der Waals surface area contributed by atoms with Crippen LogP contribution in [0.25, 0.3) is 0 Å². The first-order valence-electron chi connectivity index (χ1n) is 15.8. The second kappa shape index (κ2) is 12.8. The number of urea groups is 2. The number of rotatable bonds is 12. The molecular formula is C30H50N6O7Si. The van der Waals surface area contributed by atoms with E-state index in [2.05, 4.69) is 19.6 Å². The smallest absolute Gasteiger partial charge is 0.334 e. The third-order valence-corrected chi connectivity index (χ3v) is 11.5. The van der Waals surface area contributed by atoms with Crippen LogP contribution >= 0.6 is 0 Å². The molecule has 0 aromatic heterocycles. The predicted octanol–water partition coefficient (Wildman–Crippen LogP) is 2.78. The Kier molecular flexibility index (Phi) is 9.86. The number of imide groups is 3. The highest BCUT2D eigenvalue weighted by Crippen LogP contribution is 2.56. The van der Waals surface area contributed by atoms with Crippen molar-refractivity contribution < 1.29 is 33.4 Å². The number of hydrogen-bond donors (Lipinski definition) is 2. The van der Waals surface area contributed by atoms with Crippen LogP contribution in [-0.4, -0.2) is 109 Å². The molecule has 0 radical (unpaired) electrons. The summed E-state index contributed by atoms with van der Waals surface area (Å²) in [7, 11) is 0.206. The van der Waals surface area contributed by atoms with Crippen molar-refractivity contribution in [2.45, 2.75) is 109 Å². The summed E-state index contributed by atoms with van der Waals surface area (Å²) in [5, 5.41) is 0. The molecule has 0 aromatic carbocycles. The van der Waals surface area contributed by atoms with Gasteiger partial charge in [0.05, 0.1) is 6.61 Å². The number of unbranched alkanes of at least 4 members (excludes halogenated alkanes) is 1. The number of nitrogens with two attached hydrogens (primary N) is 2. The zero-order valence-electron chi connectivity index (χ0n) is 27.1. The monoisotopic (exact) mass is 634 g/mol. The Morgan fingerprint density at radius 3 is 2.14 bits per heavy atom. The molecule has 2 heterocycles. The molecule has 2 aliphatic carbocycles. The number of ether oxygens (including phenoxy) is 2. The number of hydrogen-bond acceptors (Lipinski definition) is 9.